The molecule has 14 heteroatoms. The van der Waals surface area contributed by atoms with Crippen molar-refractivity contribution in [3.63, 3.8) is 0 Å². The van der Waals surface area contributed by atoms with Gasteiger partial charge in [0.1, 0.15) is 22.7 Å². The number of likely N-dealkylation sites (tertiary alicyclic amines) is 1. The number of anilines is 2. The number of aromatic nitrogens is 5. The minimum Gasteiger partial charge on any atom is -0.497 e. The van der Waals surface area contributed by atoms with Crippen LogP contribution in [0.4, 0.5) is 20.7 Å². The summed E-state index contributed by atoms with van der Waals surface area (Å²) >= 11 is 0. The predicted octanol–water partition coefficient (Wildman–Crippen LogP) is 4.25. The summed E-state index contributed by atoms with van der Waals surface area (Å²) in [6.45, 7) is 6.76. The van der Waals surface area contributed by atoms with E-state index >= 15 is 4.39 Å². The van der Waals surface area contributed by atoms with Crippen molar-refractivity contribution in [3.05, 3.63) is 48.7 Å². The number of hydrogen-bond acceptors (Lipinski definition) is 10. The first-order valence-corrected chi connectivity index (χ1v) is 14.7. The Morgan fingerprint density at radius 1 is 1.13 bits per heavy atom. The van der Waals surface area contributed by atoms with Gasteiger partial charge in [0.15, 0.2) is 17.2 Å². The molecule has 0 radical (unpaired) electrons. The number of nitrogens with zero attached hydrogens (tertiary/aromatic N) is 7. The van der Waals surface area contributed by atoms with E-state index in [0.717, 1.165) is 5.56 Å². The largest absolute Gasteiger partial charge is 0.497 e. The Morgan fingerprint density at radius 2 is 1.93 bits per heavy atom. The Morgan fingerprint density at radius 3 is 2.62 bits per heavy atom. The van der Waals surface area contributed by atoms with Crippen molar-refractivity contribution in [2.45, 2.75) is 51.3 Å². The van der Waals surface area contributed by atoms with Gasteiger partial charge in [-0.3, -0.25) is 14.5 Å². The van der Waals surface area contributed by atoms with Crippen LogP contribution in [0.15, 0.2) is 42.9 Å². The molecule has 3 aromatic heterocycles. The van der Waals surface area contributed by atoms with E-state index in [1.54, 1.807) is 40.4 Å². The van der Waals surface area contributed by atoms with E-state index in [1.807, 2.05) is 31.6 Å². The average Bonchev–Trinajstić information content (AvgIpc) is 3.63. The van der Waals surface area contributed by atoms with Crippen LogP contribution in [0.5, 0.6) is 11.5 Å². The first-order chi connectivity index (χ1) is 21.5. The normalized spacial score (nSPS) is 16.8. The minimum atomic E-state index is -0.585. The molecule has 1 aromatic carbocycles. The zero-order valence-corrected chi connectivity index (χ0v) is 25.8. The van der Waals surface area contributed by atoms with Crippen molar-refractivity contribution >= 4 is 34.7 Å². The number of amides is 2. The molecular weight excluding hydrogens is 583 g/mol. The van der Waals surface area contributed by atoms with Gasteiger partial charge in [0.2, 0.25) is 5.91 Å². The van der Waals surface area contributed by atoms with Crippen LogP contribution >= 0.6 is 0 Å². The van der Waals surface area contributed by atoms with Crippen molar-refractivity contribution < 1.29 is 28.2 Å². The molecule has 0 bridgehead atoms. The smallest absolute Gasteiger partial charge is 0.410 e. The monoisotopic (exact) mass is 618 g/mol. The van der Waals surface area contributed by atoms with Gasteiger partial charge in [0.05, 0.1) is 44.0 Å². The molecule has 0 spiro atoms. The fourth-order valence-corrected chi connectivity index (χ4v) is 5.32. The molecule has 1 N–H and O–H groups in total. The molecule has 13 nitrogen and oxygen atoms in total. The molecular formula is C31H35FN8O5. The van der Waals surface area contributed by atoms with Crippen LogP contribution in [0, 0.1) is 5.82 Å². The van der Waals surface area contributed by atoms with Gasteiger partial charge in [0, 0.05) is 56.0 Å². The fraction of sp³-hybridized carbons (Fsp3) is 0.419. The topological polar surface area (TPSA) is 137 Å². The standard InChI is InChI=1S/C31H35FN8O5/c1-31(2,3)45-30(42)38-16-20(17-38)40-14-18(12-34-40)23-13-33-22-7-8-26(37-29(22)36-23)39(15-19-6-9-27(41)35-19)24-10-21(43-4)11-25(44-5)28(24)32/h7-8,10-14,19-20H,6,9,15-17H2,1-5H3,(H,35,41). The number of benzene rings is 1. The number of ether oxygens (including phenoxy) is 3. The lowest BCUT2D eigenvalue weighted by Crippen LogP contribution is -2.52. The van der Waals surface area contributed by atoms with Gasteiger partial charge in [0.25, 0.3) is 0 Å². The lowest BCUT2D eigenvalue weighted by Gasteiger charge is -2.39. The molecule has 0 saturated carbocycles. The maximum atomic E-state index is 15.7. The average molecular weight is 619 g/mol. The summed E-state index contributed by atoms with van der Waals surface area (Å²) in [4.78, 5) is 41.7. The minimum absolute atomic E-state index is 0.0174. The fourth-order valence-electron chi connectivity index (χ4n) is 5.32. The predicted molar refractivity (Wildman–Crippen MR) is 163 cm³/mol. The van der Waals surface area contributed by atoms with E-state index in [1.165, 1.54) is 20.3 Å². The second-order valence-corrected chi connectivity index (χ2v) is 12.1. The van der Waals surface area contributed by atoms with Crippen molar-refractivity contribution in [2.24, 2.45) is 0 Å². The molecule has 2 aliphatic heterocycles. The summed E-state index contributed by atoms with van der Waals surface area (Å²) in [5.41, 5.74) is 1.84. The number of hydrogen-bond donors (Lipinski definition) is 1. The van der Waals surface area contributed by atoms with Crippen LogP contribution < -0.4 is 19.7 Å². The summed E-state index contributed by atoms with van der Waals surface area (Å²) < 4.78 is 33.7. The van der Waals surface area contributed by atoms with Crippen molar-refractivity contribution in [1.29, 1.82) is 0 Å². The first-order valence-electron chi connectivity index (χ1n) is 14.7. The highest BCUT2D eigenvalue weighted by Crippen LogP contribution is 2.37. The highest BCUT2D eigenvalue weighted by molar-refractivity contribution is 5.79. The number of nitrogens with one attached hydrogen (secondary N) is 1. The summed E-state index contributed by atoms with van der Waals surface area (Å²) in [5, 5.41) is 7.44. The Kier molecular flexibility index (Phi) is 7.89. The van der Waals surface area contributed by atoms with Gasteiger partial charge < -0.3 is 29.3 Å². The Bertz CT molecular complexity index is 1750. The number of halogens is 1. The van der Waals surface area contributed by atoms with E-state index in [-0.39, 0.29) is 42.1 Å². The second kappa shape index (κ2) is 11.8. The first kappa shape index (κ1) is 30.0. The van der Waals surface area contributed by atoms with Gasteiger partial charge in [-0.1, -0.05) is 0 Å². The summed E-state index contributed by atoms with van der Waals surface area (Å²) in [6, 6.07) is 6.35. The van der Waals surface area contributed by atoms with Gasteiger partial charge in [-0.15, -0.1) is 0 Å². The number of carbonyl (C=O) groups is 2. The molecule has 5 heterocycles. The Hall–Kier alpha value is -5.01. The van der Waals surface area contributed by atoms with E-state index in [9.17, 15) is 9.59 Å². The zero-order chi connectivity index (χ0) is 31.9. The van der Waals surface area contributed by atoms with Crippen LogP contribution in [0.2, 0.25) is 0 Å². The summed E-state index contributed by atoms with van der Waals surface area (Å²) in [6.07, 6.45) is 5.88. The molecule has 0 aliphatic carbocycles. The lowest BCUT2D eigenvalue weighted by molar-refractivity contribution is -0.119. The van der Waals surface area contributed by atoms with E-state index in [4.69, 9.17) is 24.2 Å². The number of pyridine rings is 1. The number of methoxy groups -OCH3 is 2. The molecule has 45 heavy (non-hydrogen) atoms. The molecule has 6 rings (SSSR count). The quantitative estimate of drug-likeness (QED) is 0.305. The second-order valence-electron chi connectivity index (χ2n) is 12.1. The molecule has 236 valence electrons. The highest BCUT2D eigenvalue weighted by Gasteiger charge is 2.35. The van der Waals surface area contributed by atoms with Crippen molar-refractivity contribution in [3.8, 4) is 22.8 Å². The van der Waals surface area contributed by atoms with Crippen LogP contribution in [0.3, 0.4) is 0 Å². The maximum Gasteiger partial charge on any atom is 0.410 e. The van der Waals surface area contributed by atoms with Crippen molar-refractivity contribution in [1.82, 2.24) is 34.9 Å². The van der Waals surface area contributed by atoms with Crippen LogP contribution in [-0.4, -0.2) is 87.1 Å². The molecule has 1 atom stereocenters. The number of carbonyl (C=O) groups excluding carboxylic acids is 2. The SMILES string of the molecule is COc1cc(OC)c(F)c(N(CC2CCC(=O)N2)c2ccc3ncc(-c4cnn(C5CN(C(=O)OC(C)(C)C)C5)c4)nc3n2)c1. The van der Waals surface area contributed by atoms with Gasteiger partial charge in [-0.05, 0) is 39.3 Å². The lowest BCUT2D eigenvalue weighted by atomic mass is 10.1. The van der Waals surface area contributed by atoms with Crippen molar-refractivity contribution in [2.75, 3.05) is 38.8 Å². The third kappa shape index (κ3) is 6.30. The number of fused-ring (bicyclic) bond motifs is 1. The van der Waals surface area contributed by atoms with Gasteiger partial charge in [-0.2, -0.15) is 5.10 Å². The molecule has 2 fully saturated rings. The molecule has 2 amide bonds. The maximum absolute atomic E-state index is 15.7. The van der Waals surface area contributed by atoms with E-state index in [2.05, 4.69) is 15.4 Å². The third-order valence-electron chi connectivity index (χ3n) is 7.68. The third-order valence-corrected chi connectivity index (χ3v) is 7.68. The highest BCUT2D eigenvalue weighted by atomic mass is 19.1. The van der Waals surface area contributed by atoms with E-state index in [0.29, 0.717) is 54.4 Å². The van der Waals surface area contributed by atoms with Crippen LogP contribution in [0.1, 0.15) is 39.7 Å². The molecule has 1 unspecified atom stereocenters. The Labute approximate surface area is 259 Å². The summed E-state index contributed by atoms with van der Waals surface area (Å²) in [5.74, 6) is 0.204. The zero-order valence-electron chi connectivity index (χ0n) is 25.8. The molecule has 2 saturated heterocycles. The molecule has 2 aliphatic rings. The van der Waals surface area contributed by atoms with Crippen LogP contribution in [-0.2, 0) is 9.53 Å². The van der Waals surface area contributed by atoms with Gasteiger partial charge >= 0.3 is 6.09 Å². The van der Waals surface area contributed by atoms with Crippen LogP contribution in [0.25, 0.3) is 22.4 Å². The molecule has 4 aromatic rings. The van der Waals surface area contributed by atoms with Gasteiger partial charge in [-0.25, -0.2) is 19.2 Å². The Balaban J connectivity index is 1.28. The summed E-state index contributed by atoms with van der Waals surface area (Å²) in [7, 11) is 2.88. The number of rotatable bonds is 8. The van der Waals surface area contributed by atoms with E-state index < -0.39 is 11.4 Å².